The van der Waals surface area contributed by atoms with Gasteiger partial charge in [0.25, 0.3) is 0 Å². The van der Waals surface area contributed by atoms with Crippen molar-refractivity contribution in [3.8, 4) is 0 Å². The Labute approximate surface area is 316 Å². The first-order valence-electron chi connectivity index (χ1n) is 18.4. The van der Waals surface area contributed by atoms with Crippen LogP contribution in [0.3, 0.4) is 0 Å². The van der Waals surface area contributed by atoms with Gasteiger partial charge in [-0.2, -0.15) is 0 Å². The summed E-state index contributed by atoms with van der Waals surface area (Å²) in [7, 11) is 11.9. The first kappa shape index (κ1) is 42.3. The van der Waals surface area contributed by atoms with Crippen LogP contribution >= 0.6 is 17.0 Å². The van der Waals surface area contributed by atoms with Gasteiger partial charge in [-0.15, -0.1) is 0 Å². The maximum absolute atomic E-state index is 6.48. The number of hydrogen-bond acceptors (Lipinski definition) is 1. The second-order valence-corrected chi connectivity index (χ2v) is 21.7. The summed E-state index contributed by atoms with van der Waals surface area (Å²) in [6.07, 6.45) is 10.2. The van der Waals surface area contributed by atoms with Gasteiger partial charge in [0.2, 0.25) is 0 Å². The van der Waals surface area contributed by atoms with Crippen LogP contribution in [0.25, 0.3) is 0 Å². The average molecular weight is 775 g/mol. The van der Waals surface area contributed by atoms with Gasteiger partial charge in [0.1, 0.15) is 0 Å². The van der Waals surface area contributed by atoms with Gasteiger partial charge in [-0.05, 0) is 125 Å². The van der Waals surface area contributed by atoms with E-state index in [0.29, 0.717) is 17.9 Å². The molecule has 0 saturated heterocycles. The zero-order valence-electron chi connectivity index (χ0n) is 32.2. The summed E-state index contributed by atoms with van der Waals surface area (Å²) in [4.78, 5) is 0. The quantitative estimate of drug-likeness (QED) is 0.275. The second-order valence-electron chi connectivity index (χ2n) is 18.0. The van der Waals surface area contributed by atoms with Crippen molar-refractivity contribution in [2.24, 2.45) is 58.7 Å². The van der Waals surface area contributed by atoms with Crippen molar-refractivity contribution in [2.45, 2.75) is 124 Å². The molecule has 1 nitrogen and oxygen atoms in total. The van der Waals surface area contributed by atoms with Crippen molar-refractivity contribution >= 4 is 17.0 Å². The molecule has 6 rings (SSSR count). The maximum atomic E-state index is 6.48. The zero-order valence-corrected chi connectivity index (χ0v) is 36.2. The molecule has 48 heavy (non-hydrogen) atoms. The summed E-state index contributed by atoms with van der Waals surface area (Å²) in [5, 5.41) is 0. The van der Waals surface area contributed by atoms with Crippen molar-refractivity contribution in [1.29, 1.82) is 0 Å². The van der Waals surface area contributed by atoms with Gasteiger partial charge in [-0.25, -0.2) is 0 Å². The van der Waals surface area contributed by atoms with Crippen molar-refractivity contribution in [3.63, 3.8) is 0 Å². The van der Waals surface area contributed by atoms with Gasteiger partial charge in [0, 0.05) is 13.0 Å². The summed E-state index contributed by atoms with van der Waals surface area (Å²) in [6.45, 7) is 19.7. The minimum absolute atomic E-state index is 0. The predicted octanol–water partition coefficient (Wildman–Crippen LogP) is 13.6. The van der Waals surface area contributed by atoms with Crippen molar-refractivity contribution in [3.05, 3.63) is 86.1 Å². The Kier molecular flexibility index (Phi) is 15.5. The van der Waals surface area contributed by atoms with Crippen molar-refractivity contribution in [1.82, 2.24) is 0 Å². The van der Waals surface area contributed by atoms with E-state index in [9.17, 15) is 0 Å². The molecule has 12 atom stereocenters. The van der Waals surface area contributed by atoms with E-state index >= 15 is 0 Å². The topological polar surface area (TPSA) is 9.23 Å². The third-order valence-corrected chi connectivity index (χ3v) is 13.6. The van der Waals surface area contributed by atoms with Crippen LogP contribution in [0, 0.1) is 73.5 Å². The summed E-state index contributed by atoms with van der Waals surface area (Å²) >= 11 is -0.826. The van der Waals surface area contributed by atoms with Gasteiger partial charge in [0.05, 0.1) is 6.10 Å². The average Bonchev–Trinajstić information content (AvgIpc) is 3.51. The number of halogens is 2. The summed E-state index contributed by atoms with van der Waals surface area (Å²) < 4.78 is 6.48. The second kappa shape index (κ2) is 17.6. The van der Waals surface area contributed by atoms with Crippen LogP contribution in [0.5, 0.6) is 0 Å². The Hall–Kier alpha value is -0.137. The molecule has 2 aromatic rings. The minimum atomic E-state index is -0.826. The predicted molar refractivity (Wildman–Crippen MR) is 207 cm³/mol. The first-order chi connectivity index (χ1) is 21.8. The molecular weight excluding hydrogens is 707 g/mol. The van der Waals surface area contributed by atoms with E-state index in [1.54, 1.807) is 5.56 Å². The summed E-state index contributed by atoms with van der Waals surface area (Å²) in [5.41, 5.74) is 5.09. The van der Waals surface area contributed by atoms with Crippen LogP contribution in [-0.2, 0) is 31.0 Å². The number of ether oxygens (including phenoxy) is 1. The molecule has 268 valence electrons. The number of methoxy groups -OCH3 is 1. The Morgan fingerprint density at radius 3 is 1.81 bits per heavy atom. The third-order valence-electron chi connectivity index (χ3n) is 13.6. The Morgan fingerprint density at radius 2 is 1.27 bits per heavy atom. The van der Waals surface area contributed by atoms with Gasteiger partial charge in [0.15, 0.2) is 0 Å². The molecular formula is C44H68Cl2OZr. The molecule has 0 aromatic heterocycles. The molecule has 0 aliphatic heterocycles. The first-order valence-corrected chi connectivity index (χ1v) is 24.8. The van der Waals surface area contributed by atoms with Crippen LogP contribution in [-0.4, -0.2) is 13.2 Å². The fourth-order valence-corrected chi connectivity index (χ4v) is 11.4. The van der Waals surface area contributed by atoms with E-state index in [1.165, 1.54) is 56.1 Å². The van der Waals surface area contributed by atoms with Crippen LogP contribution in [0.4, 0.5) is 0 Å². The molecule has 0 N–H and O–H groups in total. The van der Waals surface area contributed by atoms with E-state index in [4.69, 9.17) is 21.8 Å². The Balaban J connectivity index is 0.00000121. The molecule has 4 saturated carbocycles. The van der Waals surface area contributed by atoms with Crippen LogP contribution < -0.4 is 0 Å². The number of fused-ring (bicyclic) bond motifs is 2. The molecule has 2 aromatic carbocycles. The molecule has 4 aliphatic carbocycles. The summed E-state index contributed by atoms with van der Waals surface area (Å²) in [6, 6.07) is 21.4. The number of rotatable bonds is 5. The molecule has 0 spiro atoms. The van der Waals surface area contributed by atoms with Crippen LogP contribution in [0.15, 0.2) is 54.6 Å². The zero-order chi connectivity index (χ0) is 33.4. The Bertz CT molecular complexity index is 1230. The van der Waals surface area contributed by atoms with Gasteiger partial charge >= 0.3 is 37.9 Å². The standard InChI is InChI=1S/C42H62O.2CH3.2ClH.Zr/c1-26-22-35-31(28-18-20-30(21-19-28)41(3,4)5)16-13-17-32(35)33(26)24-34-27(2)23-37-36(34)25-38(42(6,7)8)40(43-9)39(37)29-14-11-10-12-15-29;;;;;/h10-12,14-15,18-21,26-27,31-40H,13,16-17,22-25H2,1-9H3;2*1H3;2*1H;/q;2*-1;;;+4/p-2. The summed E-state index contributed by atoms with van der Waals surface area (Å²) in [5.74, 6) is 8.68. The van der Waals surface area contributed by atoms with Crippen molar-refractivity contribution in [2.75, 3.05) is 7.11 Å². The van der Waals surface area contributed by atoms with E-state index in [0.717, 1.165) is 53.3 Å². The van der Waals surface area contributed by atoms with Gasteiger partial charge < -0.3 is 19.6 Å². The van der Waals surface area contributed by atoms with E-state index in [-0.39, 0.29) is 25.7 Å². The molecule has 0 radical (unpaired) electrons. The van der Waals surface area contributed by atoms with Crippen LogP contribution in [0.1, 0.15) is 129 Å². The molecule has 4 aliphatic rings. The third kappa shape index (κ3) is 8.90. The normalized spacial score (nSPS) is 35.9. The van der Waals surface area contributed by atoms with E-state index < -0.39 is 20.8 Å². The molecule has 12 unspecified atom stereocenters. The fourth-order valence-electron chi connectivity index (χ4n) is 11.4. The number of benzene rings is 2. The molecule has 0 bridgehead atoms. The molecule has 4 fully saturated rings. The Morgan fingerprint density at radius 1 is 0.708 bits per heavy atom. The van der Waals surface area contributed by atoms with Crippen LogP contribution in [0.2, 0.25) is 0 Å². The number of hydrogen-bond donors (Lipinski definition) is 0. The van der Waals surface area contributed by atoms with Gasteiger partial charge in [-0.3, -0.25) is 0 Å². The SMILES string of the molecule is COC1C(c2ccccc2)C2CC(C)C(CC3C(C)CC4C(c5ccc(C(C)(C)C)cc5)CCCC34)C2CC1C(C)(C)C.[CH3-].[CH3-].[Cl][Zr+2][Cl]. The van der Waals surface area contributed by atoms with E-state index in [1.807, 2.05) is 7.11 Å². The van der Waals surface area contributed by atoms with Gasteiger partial charge in [-0.1, -0.05) is 116 Å². The van der Waals surface area contributed by atoms with E-state index in [2.05, 4.69) is 110 Å². The molecule has 0 heterocycles. The fraction of sp³-hybridized carbons (Fsp3) is 0.682. The molecule has 4 heteroatoms. The molecule has 0 amide bonds. The monoisotopic (exact) mass is 772 g/mol. The van der Waals surface area contributed by atoms with Crippen molar-refractivity contribution < 1.29 is 25.6 Å².